The predicted molar refractivity (Wildman–Crippen MR) is 50.1 cm³/mol. The van der Waals surface area contributed by atoms with E-state index in [1.165, 1.54) is 0 Å². The number of rotatable bonds is 6. The van der Waals surface area contributed by atoms with Crippen LogP contribution in [-0.2, 0) is 9.47 Å². The number of nitrogens with two attached hydrogens (primary N) is 1. The Bertz CT molecular complexity index is 115. The van der Waals surface area contributed by atoms with Crippen LogP contribution in [-0.4, -0.2) is 33.0 Å². The number of methoxy groups -OCH3 is 1. The SMILES string of the molecule is COC[C@@H](C)OCC(C)(C)CN. The van der Waals surface area contributed by atoms with Gasteiger partial charge in [0.1, 0.15) is 0 Å². The zero-order chi connectivity index (χ0) is 9.61. The van der Waals surface area contributed by atoms with Gasteiger partial charge in [0.05, 0.1) is 19.3 Å². The van der Waals surface area contributed by atoms with Crippen LogP contribution < -0.4 is 5.73 Å². The Kier molecular flexibility index (Phi) is 5.46. The first-order chi connectivity index (χ1) is 5.52. The molecule has 3 nitrogen and oxygen atoms in total. The molecule has 12 heavy (non-hydrogen) atoms. The topological polar surface area (TPSA) is 44.5 Å². The molecule has 0 rings (SSSR count). The van der Waals surface area contributed by atoms with Gasteiger partial charge in [-0.15, -0.1) is 0 Å². The summed E-state index contributed by atoms with van der Waals surface area (Å²) < 4.78 is 10.5. The first-order valence-corrected chi connectivity index (χ1v) is 4.32. The van der Waals surface area contributed by atoms with E-state index in [0.29, 0.717) is 19.8 Å². The first-order valence-electron chi connectivity index (χ1n) is 4.32. The second-order valence-corrected chi connectivity index (χ2v) is 3.95. The van der Waals surface area contributed by atoms with Gasteiger partial charge >= 0.3 is 0 Å². The van der Waals surface area contributed by atoms with Crippen molar-refractivity contribution in [2.75, 3.05) is 26.9 Å². The molecule has 0 radical (unpaired) electrons. The molecule has 0 aromatic rings. The standard InChI is InChI=1S/C9H21NO2/c1-8(5-11-4)12-7-9(2,3)6-10/h8H,5-7,10H2,1-4H3/t8-/m1/s1. The highest BCUT2D eigenvalue weighted by Gasteiger charge is 2.16. The van der Waals surface area contributed by atoms with Crippen molar-refractivity contribution in [1.82, 2.24) is 0 Å². The summed E-state index contributed by atoms with van der Waals surface area (Å²) in [7, 11) is 1.67. The Labute approximate surface area is 75.2 Å². The molecule has 0 bridgehead atoms. The third-order valence-corrected chi connectivity index (χ3v) is 1.71. The van der Waals surface area contributed by atoms with Gasteiger partial charge in [-0.3, -0.25) is 0 Å². The van der Waals surface area contributed by atoms with Crippen LogP contribution in [0.25, 0.3) is 0 Å². The molecule has 0 aromatic heterocycles. The van der Waals surface area contributed by atoms with E-state index in [2.05, 4.69) is 13.8 Å². The smallest absolute Gasteiger partial charge is 0.0780 e. The van der Waals surface area contributed by atoms with Crippen LogP contribution in [0.4, 0.5) is 0 Å². The molecule has 0 aliphatic heterocycles. The number of hydrogen-bond donors (Lipinski definition) is 1. The molecule has 0 amide bonds. The fourth-order valence-electron chi connectivity index (χ4n) is 0.710. The number of hydrogen-bond acceptors (Lipinski definition) is 3. The molecule has 0 aliphatic rings. The van der Waals surface area contributed by atoms with E-state index < -0.39 is 0 Å². The summed E-state index contributed by atoms with van der Waals surface area (Å²) in [5, 5.41) is 0. The minimum absolute atomic E-state index is 0.0714. The molecule has 1 atom stereocenters. The Morgan fingerprint density at radius 2 is 2.00 bits per heavy atom. The minimum Gasteiger partial charge on any atom is -0.382 e. The molecule has 0 saturated carbocycles. The second-order valence-electron chi connectivity index (χ2n) is 3.95. The van der Waals surface area contributed by atoms with Crippen LogP contribution in [0.15, 0.2) is 0 Å². The third-order valence-electron chi connectivity index (χ3n) is 1.71. The van der Waals surface area contributed by atoms with E-state index >= 15 is 0 Å². The fraction of sp³-hybridized carbons (Fsp3) is 1.00. The van der Waals surface area contributed by atoms with Crippen LogP contribution >= 0.6 is 0 Å². The summed E-state index contributed by atoms with van der Waals surface area (Å²) in [5.74, 6) is 0. The molecule has 0 saturated heterocycles. The van der Waals surface area contributed by atoms with Crippen molar-refractivity contribution >= 4 is 0 Å². The van der Waals surface area contributed by atoms with Crippen LogP contribution in [0.5, 0.6) is 0 Å². The van der Waals surface area contributed by atoms with Crippen molar-refractivity contribution in [3.05, 3.63) is 0 Å². The minimum atomic E-state index is 0.0714. The number of ether oxygens (including phenoxy) is 2. The van der Waals surface area contributed by atoms with Gasteiger partial charge in [-0.25, -0.2) is 0 Å². The Balaban J connectivity index is 3.52. The van der Waals surface area contributed by atoms with Crippen LogP contribution in [0.3, 0.4) is 0 Å². The summed E-state index contributed by atoms with van der Waals surface area (Å²) in [6, 6.07) is 0. The molecule has 0 fully saturated rings. The Morgan fingerprint density at radius 3 is 2.42 bits per heavy atom. The highest BCUT2D eigenvalue weighted by atomic mass is 16.5. The van der Waals surface area contributed by atoms with Crippen molar-refractivity contribution in [2.24, 2.45) is 11.1 Å². The van der Waals surface area contributed by atoms with E-state index in [1.54, 1.807) is 7.11 Å². The van der Waals surface area contributed by atoms with E-state index in [0.717, 1.165) is 0 Å². The van der Waals surface area contributed by atoms with Crippen molar-refractivity contribution in [2.45, 2.75) is 26.9 Å². The van der Waals surface area contributed by atoms with Crippen LogP contribution in [0, 0.1) is 5.41 Å². The fourth-order valence-corrected chi connectivity index (χ4v) is 0.710. The maximum Gasteiger partial charge on any atom is 0.0780 e. The average Bonchev–Trinajstić information content (AvgIpc) is 2.02. The molecule has 0 aromatic carbocycles. The highest BCUT2D eigenvalue weighted by molar-refractivity contribution is 4.68. The van der Waals surface area contributed by atoms with Crippen molar-refractivity contribution < 1.29 is 9.47 Å². The highest BCUT2D eigenvalue weighted by Crippen LogP contribution is 2.13. The molecule has 3 heteroatoms. The van der Waals surface area contributed by atoms with E-state index in [1.807, 2.05) is 6.92 Å². The normalized spacial score (nSPS) is 14.8. The zero-order valence-electron chi connectivity index (χ0n) is 8.59. The predicted octanol–water partition coefficient (Wildman–Crippen LogP) is 1.02. The summed E-state index contributed by atoms with van der Waals surface area (Å²) >= 11 is 0. The average molecular weight is 175 g/mol. The molecular weight excluding hydrogens is 154 g/mol. The van der Waals surface area contributed by atoms with Gasteiger partial charge in [0.15, 0.2) is 0 Å². The summed E-state index contributed by atoms with van der Waals surface area (Å²) in [6.07, 6.45) is 0.154. The Hall–Kier alpha value is -0.120. The van der Waals surface area contributed by atoms with Gasteiger partial charge in [-0.05, 0) is 13.5 Å². The zero-order valence-corrected chi connectivity index (χ0v) is 8.59. The van der Waals surface area contributed by atoms with E-state index in [9.17, 15) is 0 Å². The lowest BCUT2D eigenvalue weighted by molar-refractivity contribution is -0.0228. The lowest BCUT2D eigenvalue weighted by atomic mass is 9.95. The quantitative estimate of drug-likeness (QED) is 0.655. The molecule has 0 aliphatic carbocycles. The molecule has 0 heterocycles. The first kappa shape index (κ1) is 11.9. The summed E-state index contributed by atoms with van der Waals surface area (Å²) in [5.41, 5.74) is 5.63. The maximum absolute atomic E-state index is 5.56. The van der Waals surface area contributed by atoms with Crippen LogP contribution in [0.1, 0.15) is 20.8 Å². The van der Waals surface area contributed by atoms with Crippen molar-refractivity contribution in [3.8, 4) is 0 Å². The summed E-state index contributed by atoms with van der Waals surface area (Å²) in [6.45, 7) is 8.15. The lowest BCUT2D eigenvalue weighted by Crippen LogP contribution is -2.31. The van der Waals surface area contributed by atoms with Gasteiger partial charge in [0, 0.05) is 12.5 Å². The molecule has 2 N–H and O–H groups in total. The van der Waals surface area contributed by atoms with Crippen molar-refractivity contribution in [3.63, 3.8) is 0 Å². The molecule has 0 spiro atoms. The van der Waals surface area contributed by atoms with Gasteiger partial charge in [0.2, 0.25) is 0 Å². The summed E-state index contributed by atoms with van der Waals surface area (Å²) in [4.78, 5) is 0. The van der Waals surface area contributed by atoms with Gasteiger partial charge in [-0.1, -0.05) is 13.8 Å². The van der Waals surface area contributed by atoms with Gasteiger partial charge < -0.3 is 15.2 Å². The van der Waals surface area contributed by atoms with Gasteiger partial charge in [-0.2, -0.15) is 0 Å². The third kappa shape index (κ3) is 5.52. The largest absolute Gasteiger partial charge is 0.382 e. The Morgan fingerprint density at radius 1 is 1.42 bits per heavy atom. The van der Waals surface area contributed by atoms with Crippen LogP contribution in [0.2, 0.25) is 0 Å². The van der Waals surface area contributed by atoms with Gasteiger partial charge in [0.25, 0.3) is 0 Å². The van der Waals surface area contributed by atoms with Crippen molar-refractivity contribution in [1.29, 1.82) is 0 Å². The van der Waals surface area contributed by atoms with E-state index in [4.69, 9.17) is 15.2 Å². The second kappa shape index (κ2) is 5.51. The molecular formula is C9H21NO2. The maximum atomic E-state index is 5.56. The monoisotopic (exact) mass is 175 g/mol. The molecule has 0 unspecified atom stereocenters. The lowest BCUT2D eigenvalue weighted by Gasteiger charge is -2.24. The van der Waals surface area contributed by atoms with E-state index in [-0.39, 0.29) is 11.5 Å². The molecule has 74 valence electrons.